The smallest absolute Gasteiger partial charge is 0.349 e. The van der Waals surface area contributed by atoms with E-state index in [0.29, 0.717) is 11.1 Å². The van der Waals surface area contributed by atoms with E-state index < -0.39 is 17.4 Å². The number of carbonyl (C=O) groups excluding carboxylic acids is 2. The lowest BCUT2D eigenvalue weighted by molar-refractivity contribution is 0.0843. The topological polar surface area (TPSA) is 118 Å². The lowest BCUT2D eigenvalue weighted by Crippen LogP contribution is -2.43. The number of hydrogen-bond acceptors (Lipinski definition) is 6. The zero-order chi connectivity index (χ0) is 18.7. The van der Waals surface area contributed by atoms with Gasteiger partial charge in [0.15, 0.2) is 11.3 Å². The molecule has 1 aromatic heterocycles. The predicted molar refractivity (Wildman–Crippen MR) is 92.1 cm³/mol. The Labute approximate surface area is 147 Å². The zero-order valence-electron chi connectivity index (χ0n) is 13.6. The van der Waals surface area contributed by atoms with Crippen molar-refractivity contribution in [3.63, 3.8) is 0 Å². The first-order valence-electron chi connectivity index (χ1n) is 7.51. The normalized spacial score (nSPS) is 10.3. The standard InChI is InChI=1S/C18H14N2O6/c1-25-14-8-4-5-10-9-12(18(24)26-15(10)14)17(23)20-19-16(22)11-6-2-3-7-13(11)21/h2-9,21H,1H3,(H,19,22)(H,20,23). The highest BCUT2D eigenvalue weighted by atomic mass is 16.5. The third-order valence-electron chi connectivity index (χ3n) is 3.63. The van der Waals surface area contributed by atoms with Crippen LogP contribution in [0.1, 0.15) is 20.7 Å². The summed E-state index contributed by atoms with van der Waals surface area (Å²) in [5, 5.41) is 10.1. The fourth-order valence-electron chi connectivity index (χ4n) is 2.35. The molecule has 3 aromatic rings. The van der Waals surface area contributed by atoms with Crippen LogP contribution < -0.4 is 21.2 Å². The first-order chi connectivity index (χ1) is 12.5. The van der Waals surface area contributed by atoms with Crippen LogP contribution in [0.5, 0.6) is 11.5 Å². The number of nitrogens with one attached hydrogen (secondary N) is 2. The van der Waals surface area contributed by atoms with Gasteiger partial charge in [0, 0.05) is 5.39 Å². The quantitative estimate of drug-likeness (QED) is 0.485. The van der Waals surface area contributed by atoms with E-state index in [4.69, 9.17) is 9.15 Å². The summed E-state index contributed by atoms with van der Waals surface area (Å²) in [6.07, 6.45) is 0. The van der Waals surface area contributed by atoms with Crippen molar-refractivity contribution in [3.05, 3.63) is 70.1 Å². The number of para-hydroxylation sites is 2. The highest BCUT2D eigenvalue weighted by Gasteiger charge is 2.17. The second-order valence-corrected chi connectivity index (χ2v) is 5.25. The molecule has 0 atom stereocenters. The minimum atomic E-state index is -0.878. The summed E-state index contributed by atoms with van der Waals surface area (Å²) in [6, 6.07) is 12.1. The Kier molecular flexibility index (Phi) is 4.57. The highest BCUT2D eigenvalue weighted by molar-refractivity contribution is 6.01. The van der Waals surface area contributed by atoms with Gasteiger partial charge in [-0.2, -0.15) is 0 Å². The zero-order valence-corrected chi connectivity index (χ0v) is 13.6. The average Bonchev–Trinajstić information content (AvgIpc) is 2.65. The number of hydrogen-bond donors (Lipinski definition) is 3. The van der Waals surface area contributed by atoms with Crippen LogP contribution >= 0.6 is 0 Å². The molecule has 0 radical (unpaired) electrons. The number of amides is 2. The third kappa shape index (κ3) is 3.20. The van der Waals surface area contributed by atoms with Gasteiger partial charge in [-0.1, -0.05) is 24.3 Å². The molecule has 0 aliphatic rings. The number of benzene rings is 2. The summed E-state index contributed by atoms with van der Waals surface area (Å²) in [6.45, 7) is 0. The molecule has 0 saturated carbocycles. The Morgan fingerprint density at radius 1 is 1.00 bits per heavy atom. The second kappa shape index (κ2) is 6.98. The van der Waals surface area contributed by atoms with E-state index in [1.54, 1.807) is 30.3 Å². The van der Waals surface area contributed by atoms with E-state index in [-0.39, 0.29) is 22.5 Å². The molecular weight excluding hydrogens is 340 g/mol. The van der Waals surface area contributed by atoms with Gasteiger partial charge in [-0.05, 0) is 24.3 Å². The van der Waals surface area contributed by atoms with Gasteiger partial charge in [-0.3, -0.25) is 20.4 Å². The number of aromatic hydroxyl groups is 1. The molecule has 0 bridgehead atoms. The van der Waals surface area contributed by atoms with E-state index in [2.05, 4.69) is 10.9 Å². The number of fused-ring (bicyclic) bond motifs is 1. The first kappa shape index (κ1) is 17.0. The molecule has 8 heteroatoms. The van der Waals surface area contributed by atoms with Crippen molar-refractivity contribution in [2.75, 3.05) is 7.11 Å². The van der Waals surface area contributed by atoms with Crippen molar-refractivity contribution >= 4 is 22.8 Å². The van der Waals surface area contributed by atoms with Crippen molar-refractivity contribution in [2.24, 2.45) is 0 Å². The Balaban J connectivity index is 1.82. The average molecular weight is 354 g/mol. The van der Waals surface area contributed by atoms with Gasteiger partial charge in [0.25, 0.3) is 11.8 Å². The van der Waals surface area contributed by atoms with Crippen LogP contribution in [0, 0.1) is 0 Å². The highest BCUT2D eigenvalue weighted by Crippen LogP contribution is 2.24. The molecule has 0 aliphatic carbocycles. The van der Waals surface area contributed by atoms with Crippen LogP contribution in [-0.4, -0.2) is 24.0 Å². The molecule has 0 saturated heterocycles. The number of phenols is 1. The predicted octanol–water partition coefficient (Wildman–Crippen LogP) is 1.58. The molecular formula is C18H14N2O6. The molecule has 0 fully saturated rings. The summed E-state index contributed by atoms with van der Waals surface area (Å²) in [5.74, 6) is -1.47. The van der Waals surface area contributed by atoms with Crippen molar-refractivity contribution in [1.29, 1.82) is 0 Å². The summed E-state index contributed by atoms with van der Waals surface area (Å²) < 4.78 is 10.3. The van der Waals surface area contributed by atoms with E-state index in [0.717, 1.165) is 0 Å². The number of ether oxygens (including phenoxy) is 1. The van der Waals surface area contributed by atoms with Gasteiger partial charge >= 0.3 is 5.63 Å². The molecule has 0 spiro atoms. The minimum absolute atomic E-state index is 0.0249. The van der Waals surface area contributed by atoms with Crippen molar-refractivity contribution in [1.82, 2.24) is 10.9 Å². The third-order valence-corrected chi connectivity index (χ3v) is 3.63. The molecule has 8 nitrogen and oxygen atoms in total. The van der Waals surface area contributed by atoms with Crippen LogP contribution in [0.25, 0.3) is 11.0 Å². The summed E-state index contributed by atoms with van der Waals surface area (Å²) >= 11 is 0. The maximum atomic E-state index is 12.2. The molecule has 3 N–H and O–H groups in total. The van der Waals surface area contributed by atoms with Crippen LogP contribution in [0.2, 0.25) is 0 Å². The van der Waals surface area contributed by atoms with Gasteiger partial charge in [-0.25, -0.2) is 4.79 Å². The number of hydrazine groups is 1. The summed E-state index contributed by atoms with van der Waals surface area (Å²) in [7, 11) is 1.43. The Bertz CT molecular complexity index is 1060. The second-order valence-electron chi connectivity index (χ2n) is 5.25. The van der Waals surface area contributed by atoms with Gasteiger partial charge in [0.2, 0.25) is 0 Å². The largest absolute Gasteiger partial charge is 0.507 e. The first-order valence-corrected chi connectivity index (χ1v) is 7.51. The Morgan fingerprint density at radius 2 is 1.69 bits per heavy atom. The fraction of sp³-hybridized carbons (Fsp3) is 0.0556. The number of phenolic OH excluding ortho intramolecular Hbond substituents is 1. The maximum Gasteiger partial charge on any atom is 0.349 e. The molecule has 132 valence electrons. The lowest BCUT2D eigenvalue weighted by atomic mass is 10.1. The van der Waals surface area contributed by atoms with Gasteiger partial charge < -0.3 is 14.3 Å². The Morgan fingerprint density at radius 3 is 2.38 bits per heavy atom. The molecule has 1 heterocycles. The van der Waals surface area contributed by atoms with Crippen molar-refractivity contribution < 1.29 is 23.8 Å². The van der Waals surface area contributed by atoms with Gasteiger partial charge in [0.05, 0.1) is 12.7 Å². The molecule has 0 unspecified atom stereocenters. The Hall–Kier alpha value is -3.81. The van der Waals surface area contributed by atoms with Crippen molar-refractivity contribution in [3.8, 4) is 11.5 Å². The van der Waals surface area contributed by atoms with Crippen LogP contribution in [0.3, 0.4) is 0 Å². The molecule has 3 rings (SSSR count). The molecule has 2 aromatic carbocycles. The maximum absolute atomic E-state index is 12.2. The summed E-state index contributed by atoms with van der Waals surface area (Å²) in [4.78, 5) is 36.3. The van der Waals surface area contributed by atoms with Gasteiger partial charge in [-0.15, -0.1) is 0 Å². The SMILES string of the molecule is COc1cccc2cc(C(=O)NNC(=O)c3ccccc3O)c(=O)oc12. The van der Waals surface area contributed by atoms with E-state index in [1.165, 1.54) is 25.3 Å². The summed E-state index contributed by atoms with van der Waals surface area (Å²) in [5.41, 5.74) is 3.28. The fourth-order valence-corrected chi connectivity index (χ4v) is 2.35. The molecule has 26 heavy (non-hydrogen) atoms. The molecule has 0 aliphatic heterocycles. The minimum Gasteiger partial charge on any atom is -0.507 e. The van der Waals surface area contributed by atoms with Crippen molar-refractivity contribution in [2.45, 2.75) is 0 Å². The van der Waals surface area contributed by atoms with Crippen LogP contribution in [0.15, 0.2) is 57.7 Å². The van der Waals surface area contributed by atoms with E-state index in [1.807, 2.05) is 0 Å². The van der Waals surface area contributed by atoms with Crippen LogP contribution in [-0.2, 0) is 0 Å². The van der Waals surface area contributed by atoms with E-state index in [9.17, 15) is 19.5 Å². The lowest BCUT2D eigenvalue weighted by Gasteiger charge is -2.09. The number of carbonyl (C=O) groups is 2. The number of rotatable bonds is 3. The molecule has 2 amide bonds. The van der Waals surface area contributed by atoms with E-state index >= 15 is 0 Å². The van der Waals surface area contributed by atoms with Crippen LogP contribution in [0.4, 0.5) is 0 Å². The number of methoxy groups -OCH3 is 1. The monoisotopic (exact) mass is 354 g/mol. The van der Waals surface area contributed by atoms with Gasteiger partial charge in [0.1, 0.15) is 11.3 Å².